The van der Waals surface area contributed by atoms with Crippen molar-refractivity contribution < 1.29 is 4.79 Å². The van der Waals surface area contributed by atoms with Crippen LogP contribution in [-0.2, 0) is 17.1 Å². The molecule has 5 nitrogen and oxygen atoms in total. The first-order chi connectivity index (χ1) is 10.7. The van der Waals surface area contributed by atoms with E-state index in [0.29, 0.717) is 19.0 Å². The average Bonchev–Trinajstić information content (AvgIpc) is 3.13. The molecular weight excluding hydrogens is 367 g/mol. The number of thioether (sulfide) groups is 1. The van der Waals surface area contributed by atoms with E-state index in [0.717, 1.165) is 42.1 Å². The summed E-state index contributed by atoms with van der Waals surface area (Å²) in [5.74, 6) is 2.40. The number of carbonyl (C=O) groups excluding carboxylic acids is 1. The number of nitrogens with zero attached hydrogens (tertiary/aromatic N) is 3. The van der Waals surface area contributed by atoms with Gasteiger partial charge in [-0.2, -0.15) is 11.8 Å². The smallest absolute Gasteiger partial charge is 0.242 e. The van der Waals surface area contributed by atoms with Crippen molar-refractivity contribution in [1.82, 2.24) is 14.5 Å². The number of nitrogens with two attached hydrogens (primary N) is 1. The lowest BCUT2D eigenvalue weighted by atomic mass is 10.1. The van der Waals surface area contributed by atoms with Crippen molar-refractivity contribution in [1.29, 1.82) is 0 Å². The van der Waals surface area contributed by atoms with Gasteiger partial charge < -0.3 is 15.2 Å². The number of likely N-dealkylation sites (tertiary alicyclic amines) is 1. The Hall–Kier alpha value is -0.950. The number of para-hydroxylation sites is 2. The maximum atomic E-state index is 12.6. The second kappa shape index (κ2) is 9.51. The molecule has 134 valence electrons. The monoisotopic (exact) mass is 390 g/mol. The molecule has 1 aliphatic rings. The minimum Gasteiger partial charge on any atom is -0.341 e. The van der Waals surface area contributed by atoms with Crippen molar-refractivity contribution in [2.45, 2.75) is 18.7 Å². The van der Waals surface area contributed by atoms with E-state index in [1.54, 1.807) is 11.8 Å². The highest BCUT2D eigenvalue weighted by Gasteiger charge is 2.26. The third-order valence-electron chi connectivity index (χ3n) is 4.27. The van der Waals surface area contributed by atoms with Crippen LogP contribution in [0, 0.1) is 5.92 Å². The number of hydrogen-bond acceptors (Lipinski definition) is 4. The molecule has 2 heterocycles. The van der Waals surface area contributed by atoms with Crippen molar-refractivity contribution in [2.75, 3.05) is 25.9 Å². The summed E-state index contributed by atoms with van der Waals surface area (Å²) in [5.41, 5.74) is 7.71. The average molecular weight is 391 g/mol. The summed E-state index contributed by atoms with van der Waals surface area (Å²) < 4.78 is 2.06. The van der Waals surface area contributed by atoms with Gasteiger partial charge in [0.2, 0.25) is 5.91 Å². The number of fused-ring (bicyclic) bond motifs is 1. The highest BCUT2D eigenvalue weighted by molar-refractivity contribution is 7.97. The van der Waals surface area contributed by atoms with Gasteiger partial charge in [-0.1, -0.05) is 12.1 Å². The Morgan fingerprint density at radius 3 is 2.79 bits per heavy atom. The third kappa shape index (κ3) is 4.36. The third-order valence-corrected chi connectivity index (χ3v) is 4.82. The summed E-state index contributed by atoms with van der Waals surface area (Å²) in [6.45, 7) is 2.65. The van der Waals surface area contributed by atoms with Gasteiger partial charge in [-0.05, 0) is 37.3 Å². The number of halogens is 2. The quantitative estimate of drug-likeness (QED) is 0.851. The summed E-state index contributed by atoms with van der Waals surface area (Å²) in [6.07, 6.45) is 3.07. The molecule has 1 amide bonds. The minimum absolute atomic E-state index is 0. The molecule has 0 saturated carbocycles. The summed E-state index contributed by atoms with van der Waals surface area (Å²) in [6, 6.07) is 8.01. The molecule has 0 radical (unpaired) electrons. The van der Waals surface area contributed by atoms with Crippen molar-refractivity contribution in [3.63, 3.8) is 0 Å². The highest BCUT2D eigenvalue weighted by atomic mass is 35.5. The van der Waals surface area contributed by atoms with Gasteiger partial charge in [0.05, 0.1) is 16.8 Å². The Morgan fingerprint density at radius 1 is 1.38 bits per heavy atom. The Morgan fingerprint density at radius 2 is 2.12 bits per heavy atom. The topological polar surface area (TPSA) is 64.2 Å². The number of aromatic nitrogens is 2. The molecule has 24 heavy (non-hydrogen) atoms. The number of carbonyl (C=O) groups is 1. The van der Waals surface area contributed by atoms with Crippen molar-refractivity contribution in [3.05, 3.63) is 30.1 Å². The normalized spacial score (nSPS) is 16.8. The maximum Gasteiger partial charge on any atom is 0.242 e. The van der Waals surface area contributed by atoms with Crippen LogP contribution < -0.4 is 5.73 Å². The molecule has 2 aromatic rings. The molecule has 1 atom stereocenters. The second-order valence-electron chi connectivity index (χ2n) is 5.77. The molecule has 1 saturated heterocycles. The van der Waals surface area contributed by atoms with E-state index in [2.05, 4.69) is 15.8 Å². The zero-order valence-electron chi connectivity index (χ0n) is 13.7. The van der Waals surface area contributed by atoms with Gasteiger partial charge in [-0.25, -0.2) is 4.98 Å². The first-order valence-corrected chi connectivity index (χ1v) is 9.03. The van der Waals surface area contributed by atoms with Crippen LogP contribution in [0.2, 0.25) is 0 Å². The lowest BCUT2D eigenvalue weighted by Gasteiger charge is -2.18. The number of imidazole rings is 1. The Balaban J connectivity index is 0.00000144. The van der Waals surface area contributed by atoms with Crippen LogP contribution in [0.4, 0.5) is 0 Å². The first kappa shape index (κ1) is 21.1. The van der Waals surface area contributed by atoms with Gasteiger partial charge in [0.25, 0.3) is 0 Å². The first-order valence-electron chi connectivity index (χ1n) is 7.64. The van der Waals surface area contributed by atoms with Gasteiger partial charge in [-0.3, -0.25) is 4.79 Å². The lowest BCUT2D eigenvalue weighted by Crippen LogP contribution is -2.33. The number of hydrogen-bond donors (Lipinski definition) is 1. The predicted octanol–water partition coefficient (Wildman–Crippen LogP) is 2.55. The van der Waals surface area contributed by atoms with Gasteiger partial charge in [0, 0.05) is 13.1 Å². The highest BCUT2D eigenvalue weighted by Crippen LogP contribution is 2.21. The van der Waals surface area contributed by atoms with Gasteiger partial charge in [-0.15, -0.1) is 24.8 Å². The Bertz CT molecular complexity index is 679. The number of benzene rings is 1. The fourth-order valence-corrected chi connectivity index (χ4v) is 3.51. The Labute approximate surface area is 159 Å². The molecule has 0 bridgehead atoms. The minimum atomic E-state index is 0. The van der Waals surface area contributed by atoms with Gasteiger partial charge in [0.1, 0.15) is 12.4 Å². The molecule has 0 aliphatic carbocycles. The van der Waals surface area contributed by atoms with Crippen LogP contribution in [0.3, 0.4) is 0 Å². The summed E-state index contributed by atoms with van der Waals surface area (Å²) in [5, 5.41) is 0. The molecule has 2 N–H and O–H groups in total. The standard InChI is InChI=1S/C16H22N4OS.2ClH/c1-22-11-15-18-13-4-2-3-5-14(13)20(15)10-16(21)19-7-6-12(8-17)9-19;;/h2-5,12H,6-11,17H2,1H3;2*1H. The summed E-state index contributed by atoms with van der Waals surface area (Å²) >= 11 is 1.72. The van der Waals surface area contributed by atoms with E-state index >= 15 is 0 Å². The zero-order valence-corrected chi connectivity index (χ0v) is 16.1. The SMILES string of the molecule is CSCc1nc2ccccc2n1CC(=O)N1CCC(CN)C1.Cl.Cl. The number of amides is 1. The fourth-order valence-electron chi connectivity index (χ4n) is 3.03. The van der Waals surface area contributed by atoms with Crippen molar-refractivity contribution in [2.24, 2.45) is 11.7 Å². The van der Waals surface area contributed by atoms with Gasteiger partial charge >= 0.3 is 0 Å². The maximum absolute atomic E-state index is 12.6. The Kier molecular flexibility index (Phi) is 8.36. The molecule has 1 fully saturated rings. The molecule has 1 aromatic heterocycles. The number of rotatable bonds is 5. The molecule has 1 aliphatic heterocycles. The molecule has 1 unspecified atom stereocenters. The van der Waals surface area contributed by atoms with Crippen LogP contribution >= 0.6 is 36.6 Å². The fraction of sp³-hybridized carbons (Fsp3) is 0.500. The summed E-state index contributed by atoms with van der Waals surface area (Å²) in [4.78, 5) is 19.2. The van der Waals surface area contributed by atoms with E-state index in [1.165, 1.54) is 0 Å². The van der Waals surface area contributed by atoms with Gasteiger partial charge in [0.15, 0.2) is 0 Å². The van der Waals surface area contributed by atoms with Crippen molar-refractivity contribution >= 4 is 53.5 Å². The molecule has 1 aromatic carbocycles. The molecular formula is C16H24Cl2N4OS. The predicted molar refractivity (Wildman–Crippen MR) is 105 cm³/mol. The largest absolute Gasteiger partial charge is 0.341 e. The lowest BCUT2D eigenvalue weighted by molar-refractivity contribution is -0.130. The van der Waals surface area contributed by atoms with E-state index in [9.17, 15) is 4.79 Å². The molecule has 3 rings (SSSR count). The van der Waals surface area contributed by atoms with E-state index in [-0.39, 0.29) is 30.7 Å². The van der Waals surface area contributed by atoms with Crippen LogP contribution in [0.1, 0.15) is 12.2 Å². The molecule has 0 spiro atoms. The van der Waals surface area contributed by atoms with Crippen LogP contribution in [-0.4, -0.2) is 46.2 Å². The second-order valence-corrected chi connectivity index (χ2v) is 6.63. The van der Waals surface area contributed by atoms with E-state index < -0.39 is 0 Å². The van der Waals surface area contributed by atoms with E-state index in [4.69, 9.17) is 5.73 Å². The van der Waals surface area contributed by atoms with E-state index in [1.807, 2.05) is 29.2 Å². The van der Waals surface area contributed by atoms with Crippen LogP contribution in [0.25, 0.3) is 11.0 Å². The summed E-state index contributed by atoms with van der Waals surface area (Å²) in [7, 11) is 0. The van der Waals surface area contributed by atoms with Crippen molar-refractivity contribution in [3.8, 4) is 0 Å². The van der Waals surface area contributed by atoms with Crippen LogP contribution in [0.5, 0.6) is 0 Å². The van der Waals surface area contributed by atoms with Crippen LogP contribution in [0.15, 0.2) is 24.3 Å². The zero-order chi connectivity index (χ0) is 15.5. The molecule has 8 heteroatoms.